The van der Waals surface area contributed by atoms with Gasteiger partial charge in [0.25, 0.3) is 0 Å². The van der Waals surface area contributed by atoms with Crippen molar-refractivity contribution in [1.29, 1.82) is 0 Å². The highest BCUT2D eigenvalue weighted by molar-refractivity contribution is 9.10. The molecule has 0 aromatic heterocycles. The second-order valence-electron chi connectivity index (χ2n) is 7.10. The van der Waals surface area contributed by atoms with Crippen molar-refractivity contribution in [3.8, 4) is 0 Å². The van der Waals surface area contributed by atoms with Crippen molar-refractivity contribution >= 4 is 27.5 Å². The van der Waals surface area contributed by atoms with Crippen LogP contribution in [0.15, 0.2) is 33.8 Å². The van der Waals surface area contributed by atoms with Gasteiger partial charge in [-0.2, -0.15) is 5.10 Å². The van der Waals surface area contributed by atoms with Crippen LogP contribution >= 0.6 is 15.9 Å². The molecule has 22 heavy (non-hydrogen) atoms. The summed E-state index contributed by atoms with van der Waals surface area (Å²) in [6.07, 6.45) is 6.43. The maximum atomic E-state index is 12.5. The van der Waals surface area contributed by atoms with E-state index in [1.165, 1.54) is 25.7 Å². The third-order valence-electron chi connectivity index (χ3n) is 5.61. The predicted molar refractivity (Wildman–Crippen MR) is 90.5 cm³/mol. The van der Waals surface area contributed by atoms with E-state index in [0.717, 1.165) is 34.0 Å². The van der Waals surface area contributed by atoms with E-state index in [0.29, 0.717) is 5.41 Å². The molecule has 1 amide bonds. The van der Waals surface area contributed by atoms with E-state index in [1.807, 2.05) is 31.2 Å². The first-order valence-corrected chi connectivity index (χ1v) is 9.00. The fourth-order valence-corrected chi connectivity index (χ4v) is 4.50. The topological polar surface area (TPSA) is 41.5 Å². The Bertz CT molecular complexity index is 634. The average molecular weight is 361 g/mol. The van der Waals surface area contributed by atoms with Crippen molar-refractivity contribution in [3.63, 3.8) is 0 Å². The number of nitrogens with zero attached hydrogens (tertiary/aromatic N) is 1. The van der Waals surface area contributed by atoms with Crippen LogP contribution < -0.4 is 5.43 Å². The first-order valence-electron chi connectivity index (χ1n) is 8.21. The number of benzene rings is 1. The molecule has 3 aliphatic carbocycles. The molecule has 1 aromatic rings. The highest BCUT2D eigenvalue weighted by Crippen LogP contribution is 2.74. The molecule has 3 nitrogen and oxygen atoms in total. The zero-order valence-corrected chi connectivity index (χ0v) is 14.4. The SMILES string of the molecule is C/C(=N\NC(=O)[C@H]1CC1(C1CC1)C1CC1)c1cccc(Br)c1. The lowest BCUT2D eigenvalue weighted by Gasteiger charge is -2.14. The largest absolute Gasteiger partial charge is 0.273 e. The molecule has 4 rings (SSSR count). The summed E-state index contributed by atoms with van der Waals surface area (Å²) in [7, 11) is 0. The number of carbonyl (C=O) groups is 1. The number of carbonyl (C=O) groups excluding carboxylic acids is 1. The Morgan fingerprint density at radius 1 is 1.27 bits per heavy atom. The van der Waals surface area contributed by atoms with Gasteiger partial charge in [-0.15, -0.1) is 0 Å². The lowest BCUT2D eigenvalue weighted by molar-refractivity contribution is -0.123. The number of hydrogen-bond donors (Lipinski definition) is 1. The summed E-state index contributed by atoms with van der Waals surface area (Å²) in [6.45, 7) is 1.93. The minimum absolute atomic E-state index is 0.133. The maximum absolute atomic E-state index is 12.5. The Morgan fingerprint density at radius 2 is 1.95 bits per heavy atom. The van der Waals surface area contributed by atoms with Crippen molar-refractivity contribution in [2.45, 2.75) is 39.0 Å². The van der Waals surface area contributed by atoms with E-state index < -0.39 is 0 Å². The Kier molecular flexibility index (Phi) is 3.40. The lowest BCUT2D eigenvalue weighted by Crippen LogP contribution is -2.25. The van der Waals surface area contributed by atoms with Crippen LogP contribution in [0.3, 0.4) is 0 Å². The summed E-state index contributed by atoms with van der Waals surface area (Å²) < 4.78 is 1.02. The summed E-state index contributed by atoms with van der Waals surface area (Å²) in [4.78, 5) is 12.5. The van der Waals surface area contributed by atoms with Crippen LogP contribution in [0.2, 0.25) is 0 Å². The summed E-state index contributed by atoms with van der Waals surface area (Å²) in [5.74, 6) is 2.00. The van der Waals surface area contributed by atoms with Gasteiger partial charge in [-0.3, -0.25) is 4.79 Å². The van der Waals surface area contributed by atoms with Crippen molar-refractivity contribution in [1.82, 2.24) is 5.43 Å². The Morgan fingerprint density at radius 3 is 2.55 bits per heavy atom. The van der Waals surface area contributed by atoms with E-state index in [4.69, 9.17) is 0 Å². The molecule has 0 spiro atoms. The normalized spacial score (nSPS) is 26.6. The molecule has 3 aliphatic rings. The molecular weight excluding hydrogens is 340 g/mol. The van der Waals surface area contributed by atoms with Crippen LogP contribution in [0.25, 0.3) is 0 Å². The summed E-state index contributed by atoms with van der Waals surface area (Å²) in [6, 6.07) is 7.98. The van der Waals surface area contributed by atoms with Gasteiger partial charge in [0.05, 0.1) is 5.71 Å². The van der Waals surface area contributed by atoms with Gasteiger partial charge >= 0.3 is 0 Å². The van der Waals surface area contributed by atoms with Crippen LogP contribution in [0.5, 0.6) is 0 Å². The molecule has 1 N–H and O–H groups in total. The van der Waals surface area contributed by atoms with Crippen LogP contribution in [-0.4, -0.2) is 11.6 Å². The van der Waals surface area contributed by atoms with Gasteiger partial charge in [-0.1, -0.05) is 28.1 Å². The minimum atomic E-state index is 0.133. The van der Waals surface area contributed by atoms with Crippen LogP contribution in [0.1, 0.15) is 44.6 Å². The molecule has 3 saturated carbocycles. The molecule has 1 aromatic carbocycles. The second-order valence-corrected chi connectivity index (χ2v) is 8.02. The van der Waals surface area contributed by atoms with E-state index in [-0.39, 0.29) is 11.8 Å². The van der Waals surface area contributed by atoms with Crippen molar-refractivity contribution < 1.29 is 4.79 Å². The molecule has 0 radical (unpaired) electrons. The Hall–Kier alpha value is -1.16. The summed E-state index contributed by atoms with van der Waals surface area (Å²) in [5.41, 5.74) is 5.06. The number of hydrogen-bond acceptors (Lipinski definition) is 2. The molecule has 0 heterocycles. The third-order valence-corrected chi connectivity index (χ3v) is 6.11. The van der Waals surface area contributed by atoms with E-state index in [9.17, 15) is 4.79 Å². The first-order chi connectivity index (χ1) is 10.6. The van der Waals surface area contributed by atoms with E-state index in [1.54, 1.807) is 0 Å². The zero-order valence-electron chi connectivity index (χ0n) is 12.8. The molecule has 116 valence electrons. The Labute approximate surface area is 139 Å². The van der Waals surface area contributed by atoms with Crippen LogP contribution in [0, 0.1) is 23.2 Å². The van der Waals surface area contributed by atoms with Gasteiger partial charge in [0.2, 0.25) is 5.91 Å². The fourth-order valence-electron chi connectivity index (χ4n) is 4.10. The average Bonchev–Trinajstić information content (AvgIpc) is 3.38. The molecule has 0 unspecified atom stereocenters. The van der Waals surface area contributed by atoms with Crippen LogP contribution in [-0.2, 0) is 4.79 Å². The molecule has 1 atom stereocenters. The van der Waals surface area contributed by atoms with E-state index in [2.05, 4.69) is 26.5 Å². The molecule has 3 fully saturated rings. The monoisotopic (exact) mass is 360 g/mol. The standard InChI is InChI=1S/C18H21BrN2O/c1-11(12-3-2-4-15(19)9-12)20-21-17(22)16-10-18(16,13-5-6-13)14-7-8-14/h2-4,9,13-14,16H,5-8,10H2,1H3,(H,21,22)/b20-11+/t16-/m1/s1. The zero-order chi connectivity index (χ0) is 15.3. The molecule has 0 aliphatic heterocycles. The van der Waals surface area contributed by atoms with Crippen molar-refractivity contribution in [2.75, 3.05) is 0 Å². The maximum Gasteiger partial charge on any atom is 0.243 e. The first kappa shape index (κ1) is 14.4. The van der Waals surface area contributed by atoms with Gasteiger partial charge in [0.15, 0.2) is 0 Å². The van der Waals surface area contributed by atoms with Gasteiger partial charge < -0.3 is 0 Å². The van der Waals surface area contributed by atoms with Crippen LogP contribution in [0.4, 0.5) is 0 Å². The van der Waals surface area contributed by atoms with Gasteiger partial charge in [0, 0.05) is 10.4 Å². The van der Waals surface area contributed by atoms with Crippen molar-refractivity contribution in [3.05, 3.63) is 34.3 Å². The Balaban J connectivity index is 1.41. The van der Waals surface area contributed by atoms with Crippen molar-refractivity contribution in [2.24, 2.45) is 28.3 Å². The third kappa shape index (κ3) is 2.51. The number of halogens is 1. The summed E-state index contributed by atoms with van der Waals surface area (Å²) in [5, 5.41) is 4.32. The second kappa shape index (κ2) is 5.19. The highest BCUT2D eigenvalue weighted by atomic mass is 79.9. The molecule has 0 saturated heterocycles. The predicted octanol–water partition coefficient (Wildman–Crippen LogP) is 4.12. The summed E-state index contributed by atoms with van der Waals surface area (Å²) >= 11 is 3.46. The number of rotatable bonds is 5. The van der Waals surface area contributed by atoms with Gasteiger partial charge in [0.1, 0.15) is 0 Å². The molecule has 4 heteroatoms. The molecular formula is C18H21BrN2O. The quantitative estimate of drug-likeness (QED) is 0.622. The van der Waals surface area contributed by atoms with Gasteiger partial charge in [-0.05, 0) is 74.0 Å². The minimum Gasteiger partial charge on any atom is -0.273 e. The number of amides is 1. The van der Waals surface area contributed by atoms with E-state index >= 15 is 0 Å². The highest BCUT2D eigenvalue weighted by Gasteiger charge is 2.70. The smallest absolute Gasteiger partial charge is 0.243 e. The number of hydrazone groups is 1. The molecule has 0 bridgehead atoms. The fraction of sp³-hybridized carbons (Fsp3) is 0.556. The lowest BCUT2D eigenvalue weighted by atomic mass is 9.91. The van der Waals surface area contributed by atoms with Gasteiger partial charge in [-0.25, -0.2) is 5.43 Å². The number of nitrogens with one attached hydrogen (secondary N) is 1.